The highest BCUT2D eigenvalue weighted by Gasteiger charge is 2.03. The van der Waals surface area contributed by atoms with Crippen LogP contribution in [0.3, 0.4) is 0 Å². The molecule has 2 rings (SSSR count). The summed E-state index contributed by atoms with van der Waals surface area (Å²) < 4.78 is 0. The van der Waals surface area contributed by atoms with Gasteiger partial charge >= 0.3 is 0 Å². The maximum Gasteiger partial charge on any atom is 0.183 e. The SMILES string of the molecule is CCCNc1ncc(-c2ccc(C)cc2)s1. The molecule has 0 saturated carbocycles. The topological polar surface area (TPSA) is 24.9 Å². The van der Waals surface area contributed by atoms with Crippen molar-refractivity contribution in [3.8, 4) is 10.4 Å². The molecule has 0 unspecified atom stereocenters. The highest BCUT2D eigenvalue weighted by Crippen LogP contribution is 2.28. The minimum Gasteiger partial charge on any atom is -0.362 e. The van der Waals surface area contributed by atoms with Crippen LogP contribution in [0.15, 0.2) is 30.5 Å². The third kappa shape index (κ3) is 2.61. The Balaban J connectivity index is 2.15. The van der Waals surface area contributed by atoms with Gasteiger partial charge in [0.15, 0.2) is 5.13 Å². The lowest BCUT2D eigenvalue weighted by molar-refractivity contribution is 0.976. The Morgan fingerprint density at radius 2 is 2.00 bits per heavy atom. The van der Waals surface area contributed by atoms with Gasteiger partial charge in [-0.25, -0.2) is 4.98 Å². The molecule has 84 valence electrons. The standard InChI is InChI=1S/C13H16N2S/c1-3-8-14-13-15-9-12(16-13)11-6-4-10(2)5-7-11/h4-7,9H,3,8H2,1-2H3,(H,14,15). The maximum atomic E-state index is 4.36. The number of hydrogen-bond donors (Lipinski definition) is 1. The molecule has 16 heavy (non-hydrogen) atoms. The minimum absolute atomic E-state index is 0.987. The molecule has 2 nitrogen and oxygen atoms in total. The van der Waals surface area contributed by atoms with Crippen molar-refractivity contribution < 1.29 is 0 Å². The molecule has 0 bridgehead atoms. The normalized spacial score (nSPS) is 10.4. The number of benzene rings is 1. The van der Waals surface area contributed by atoms with Crippen molar-refractivity contribution in [3.63, 3.8) is 0 Å². The molecule has 0 radical (unpaired) electrons. The van der Waals surface area contributed by atoms with Crippen LogP contribution in [-0.4, -0.2) is 11.5 Å². The average molecular weight is 232 g/mol. The van der Waals surface area contributed by atoms with Gasteiger partial charge in [0.05, 0.1) is 4.88 Å². The number of aryl methyl sites for hydroxylation is 1. The zero-order valence-electron chi connectivity index (χ0n) is 9.66. The molecule has 0 atom stereocenters. The first-order valence-corrected chi connectivity index (χ1v) is 6.38. The van der Waals surface area contributed by atoms with Crippen molar-refractivity contribution in [3.05, 3.63) is 36.0 Å². The van der Waals surface area contributed by atoms with Crippen LogP contribution >= 0.6 is 11.3 Å². The van der Waals surface area contributed by atoms with Crippen molar-refractivity contribution in [1.82, 2.24) is 4.98 Å². The zero-order valence-corrected chi connectivity index (χ0v) is 10.5. The second kappa shape index (κ2) is 5.12. The average Bonchev–Trinajstić information content (AvgIpc) is 2.76. The fourth-order valence-electron chi connectivity index (χ4n) is 1.44. The first kappa shape index (κ1) is 11.1. The Morgan fingerprint density at radius 3 is 2.69 bits per heavy atom. The Labute approximate surface area is 100 Å². The molecule has 0 aliphatic heterocycles. The zero-order chi connectivity index (χ0) is 11.4. The number of nitrogens with zero attached hydrogens (tertiary/aromatic N) is 1. The molecule has 0 saturated heterocycles. The first-order valence-electron chi connectivity index (χ1n) is 5.56. The van der Waals surface area contributed by atoms with Crippen molar-refractivity contribution >= 4 is 16.5 Å². The smallest absolute Gasteiger partial charge is 0.183 e. The Kier molecular flexibility index (Phi) is 3.57. The highest BCUT2D eigenvalue weighted by molar-refractivity contribution is 7.18. The van der Waals surface area contributed by atoms with Gasteiger partial charge in [-0.15, -0.1) is 0 Å². The van der Waals surface area contributed by atoms with Crippen LogP contribution < -0.4 is 5.32 Å². The number of rotatable bonds is 4. The van der Waals surface area contributed by atoms with E-state index >= 15 is 0 Å². The fourth-order valence-corrected chi connectivity index (χ4v) is 2.29. The van der Waals surface area contributed by atoms with Crippen molar-refractivity contribution in [2.24, 2.45) is 0 Å². The van der Waals surface area contributed by atoms with Crippen LogP contribution in [0, 0.1) is 6.92 Å². The van der Waals surface area contributed by atoms with Gasteiger partial charge in [0, 0.05) is 12.7 Å². The predicted molar refractivity (Wildman–Crippen MR) is 71.1 cm³/mol. The van der Waals surface area contributed by atoms with Gasteiger partial charge in [-0.1, -0.05) is 48.1 Å². The third-order valence-electron chi connectivity index (χ3n) is 2.37. The molecule has 0 aliphatic rings. The van der Waals surface area contributed by atoms with E-state index in [0.717, 1.165) is 18.1 Å². The molecule has 1 N–H and O–H groups in total. The number of hydrogen-bond acceptors (Lipinski definition) is 3. The maximum absolute atomic E-state index is 4.36. The molecule has 0 amide bonds. The summed E-state index contributed by atoms with van der Waals surface area (Å²) in [7, 11) is 0. The first-order chi connectivity index (χ1) is 7.79. The van der Waals surface area contributed by atoms with E-state index in [0.29, 0.717) is 0 Å². The summed E-state index contributed by atoms with van der Waals surface area (Å²) in [4.78, 5) is 5.58. The predicted octanol–water partition coefficient (Wildman–Crippen LogP) is 3.94. The third-order valence-corrected chi connectivity index (χ3v) is 3.37. The van der Waals surface area contributed by atoms with Gasteiger partial charge in [0.25, 0.3) is 0 Å². The lowest BCUT2D eigenvalue weighted by Gasteiger charge is -1.98. The number of aromatic nitrogens is 1. The molecule has 0 spiro atoms. The van der Waals surface area contributed by atoms with Crippen molar-refractivity contribution in [1.29, 1.82) is 0 Å². The number of nitrogens with one attached hydrogen (secondary N) is 1. The molecule has 0 fully saturated rings. The number of anilines is 1. The molecule has 3 heteroatoms. The molecule has 0 aliphatic carbocycles. The van der Waals surface area contributed by atoms with Gasteiger partial charge in [-0.3, -0.25) is 0 Å². The van der Waals surface area contributed by atoms with Gasteiger partial charge in [-0.2, -0.15) is 0 Å². The van der Waals surface area contributed by atoms with Crippen LogP contribution in [0.25, 0.3) is 10.4 Å². The molecular formula is C13H16N2S. The monoisotopic (exact) mass is 232 g/mol. The van der Waals surface area contributed by atoms with E-state index in [-0.39, 0.29) is 0 Å². The van der Waals surface area contributed by atoms with Crippen LogP contribution in [0.2, 0.25) is 0 Å². The highest BCUT2D eigenvalue weighted by atomic mass is 32.1. The van der Waals surface area contributed by atoms with Crippen LogP contribution in [0.5, 0.6) is 0 Å². The minimum atomic E-state index is 0.987. The summed E-state index contributed by atoms with van der Waals surface area (Å²) in [6.45, 7) is 5.24. The second-order valence-corrected chi connectivity index (χ2v) is 4.85. The van der Waals surface area contributed by atoms with Crippen LogP contribution in [0.4, 0.5) is 5.13 Å². The van der Waals surface area contributed by atoms with Crippen molar-refractivity contribution in [2.75, 3.05) is 11.9 Å². The number of thiazole rings is 1. The summed E-state index contributed by atoms with van der Waals surface area (Å²) in [6, 6.07) is 8.56. The van der Waals surface area contributed by atoms with E-state index in [9.17, 15) is 0 Å². The molecular weight excluding hydrogens is 216 g/mol. The summed E-state index contributed by atoms with van der Waals surface area (Å²) in [5, 5.41) is 4.31. The van der Waals surface area contributed by atoms with E-state index in [1.807, 2.05) is 6.20 Å². The molecule has 2 aromatic rings. The van der Waals surface area contributed by atoms with E-state index < -0.39 is 0 Å². The van der Waals surface area contributed by atoms with E-state index in [4.69, 9.17) is 0 Å². The van der Waals surface area contributed by atoms with E-state index in [1.165, 1.54) is 16.0 Å². The lowest BCUT2D eigenvalue weighted by Crippen LogP contribution is -1.97. The fraction of sp³-hybridized carbons (Fsp3) is 0.308. The Bertz CT molecular complexity index is 445. The molecule has 1 heterocycles. The van der Waals surface area contributed by atoms with E-state index in [2.05, 4.69) is 48.4 Å². The molecule has 1 aromatic heterocycles. The quantitative estimate of drug-likeness (QED) is 0.863. The lowest BCUT2D eigenvalue weighted by atomic mass is 10.1. The summed E-state index contributed by atoms with van der Waals surface area (Å²) >= 11 is 1.71. The van der Waals surface area contributed by atoms with Gasteiger partial charge < -0.3 is 5.32 Å². The molecule has 1 aromatic carbocycles. The summed E-state index contributed by atoms with van der Waals surface area (Å²) in [5.74, 6) is 0. The van der Waals surface area contributed by atoms with Gasteiger partial charge in [0.1, 0.15) is 0 Å². The van der Waals surface area contributed by atoms with Gasteiger partial charge in [0.2, 0.25) is 0 Å². The summed E-state index contributed by atoms with van der Waals surface area (Å²) in [6.07, 6.45) is 3.06. The summed E-state index contributed by atoms with van der Waals surface area (Å²) in [5.41, 5.74) is 2.53. The van der Waals surface area contributed by atoms with Crippen LogP contribution in [-0.2, 0) is 0 Å². The Hall–Kier alpha value is -1.35. The van der Waals surface area contributed by atoms with E-state index in [1.54, 1.807) is 11.3 Å². The van der Waals surface area contributed by atoms with Gasteiger partial charge in [-0.05, 0) is 18.9 Å². The van der Waals surface area contributed by atoms with Crippen molar-refractivity contribution in [2.45, 2.75) is 20.3 Å². The Morgan fingerprint density at radius 1 is 1.25 bits per heavy atom. The second-order valence-electron chi connectivity index (χ2n) is 3.82. The van der Waals surface area contributed by atoms with Crippen LogP contribution in [0.1, 0.15) is 18.9 Å². The largest absolute Gasteiger partial charge is 0.362 e.